The SMILES string of the molecule is O=C1NCCC2CC=C([N+](=O)[O-])C=C12. The lowest BCUT2D eigenvalue weighted by Crippen LogP contribution is -2.37. The van der Waals surface area contributed by atoms with E-state index in [1.54, 1.807) is 6.08 Å². The molecule has 5 heteroatoms. The molecule has 74 valence electrons. The van der Waals surface area contributed by atoms with E-state index in [2.05, 4.69) is 5.32 Å². The van der Waals surface area contributed by atoms with Crippen LogP contribution in [0.25, 0.3) is 0 Å². The molecule has 1 N–H and O–H groups in total. The Morgan fingerprint density at radius 1 is 1.57 bits per heavy atom. The molecule has 1 aliphatic carbocycles. The molecule has 0 spiro atoms. The molecule has 1 fully saturated rings. The van der Waals surface area contributed by atoms with Crippen molar-refractivity contribution in [2.24, 2.45) is 5.92 Å². The first-order valence-corrected chi connectivity index (χ1v) is 4.53. The number of hydrogen-bond acceptors (Lipinski definition) is 3. The first kappa shape index (κ1) is 8.93. The molecule has 0 aromatic carbocycles. The van der Waals surface area contributed by atoms with Crippen LogP contribution in [0.1, 0.15) is 12.8 Å². The fourth-order valence-electron chi connectivity index (χ4n) is 1.84. The molecule has 0 bridgehead atoms. The van der Waals surface area contributed by atoms with Crippen molar-refractivity contribution < 1.29 is 9.72 Å². The minimum absolute atomic E-state index is 0.0355. The van der Waals surface area contributed by atoms with Crippen LogP contribution >= 0.6 is 0 Å². The van der Waals surface area contributed by atoms with Crippen molar-refractivity contribution in [3.63, 3.8) is 0 Å². The largest absolute Gasteiger partial charge is 0.352 e. The van der Waals surface area contributed by atoms with Gasteiger partial charge in [-0.25, -0.2) is 0 Å². The Hall–Kier alpha value is -1.65. The molecule has 2 aliphatic rings. The number of nitrogens with one attached hydrogen (secondary N) is 1. The van der Waals surface area contributed by atoms with Crippen LogP contribution in [0.15, 0.2) is 23.4 Å². The molecule has 0 radical (unpaired) electrons. The van der Waals surface area contributed by atoms with Gasteiger partial charge in [0.25, 0.3) is 5.70 Å². The van der Waals surface area contributed by atoms with Crippen molar-refractivity contribution in [3.05, 3.63) is 33.5 Å². The molecule has 1 amide bonds. The van der Waals surface area contributed by atoms with Gasteiger partial charge in [-0.2, -0.15) is 0 Å². The predicted molar refractivity (Wildman–Crippen MR) is 48.9 cm³/mol. The van der Waals surface area contributed by atoms with E-state index in [9.17, 15) is 14.9 Å². The lowest BCUT2D eigenvalue weighted by Gasteiger charge is -2.25. The van der Waals surface area contributed by atoms with Crippen molar-refractivity contribution in [1.29, 1.82) is 0 Å². The van der Waals surface area contributed by atoms with E-state index < -0.39 is 4.92 Å². The van der Waals surface area contributed by atoms with E-state index in [1.807, 2.05) is 0 Å². The van der Waals surface area contributed by atoms with Crippen LogP contribution < -0.4 is 5.32 Å². The van der Waals surface area contributed by atoms with Crippen LogP contribution in [-0.4, -0.2) is 17.4 Å². The molecule has 1 saturated heterocycles. The lowest BCUT2D eigenvalue weighted by atomic mass is 9.85. The van der Waals surface area contributed by atoms with Crippen molar-refractivity contribution in [3.8, 4) is 0 Å². The summed E-state index contributed by atoms with van der Waals surface area (Å²) in [5.41, 5.74) is 0.596. The number of carbonyl (C=O) groups excluding carboxylic acids is 1. The minimum atomic E-state index is -0.453. The van der Waals surface area contributed by atoms with E-state index in [1.165, 1.54) is 6.08 Å². The Morgan fingerprint density at radius 3 is 3.07 bits per heavy atom. The fraction of sp³-hybridized carbons (Fsp3) is 0.444. The number of fused-ring (bicyclic) bond motifs is 1. The molecule has 0 saturated carbocycles. The Labute approximate surface area is 80.6 Å². The highest BCUT2D eigenvalue weighted by molar-refractivity contribution is 5.95. The van der Waals surface area contributed by atoms with Crippen molar-refractivity contribution in [1.82, 2.24) is 5.32 Å². The number of rotatable bonds is 1. The molecular formula is C9H10N2O3. The number of amides is 1. The molecule has 0 aromatic rings. The molecule has 1 heterocycles. The second-order valence-electron chi connectivity index (χ2n) is 3.46. The summed E-state index contributed by atoms with van der Waals surface area (Å²) in [7, 11) is 0. The number of hydrogen-bond donors (Lipinski definition) is 1. The molecule has 1 aliphatic heterocycles. The molecule has 1 atom stereocenters. The molecule has 2 rings (SSSR count). The smallest absolute Gasteiger partial charge is 0.265 e. The van der Waals surface area contributed by atoms with Crippen LogP contribution in [0.2, 0.25) is 0 Å². The van der Waals surface area contributed by atoms with Gasteiger partial charge in [-0.05, 0) is 24.8 Å². The van der Waals surface area contributed by atoms with Crippen molar-refractivity contribution in [2.75, 3.05) is 6.54 Å². The van der Waals surface area contributed by atoms with Crippen LogP contribution in [0.3, 0.4) is 0 Å². The van der Waals surface area contributed by atoms with E-state index >= 15 is 0 Å². The quantitative estimate of drug-likeness (QED) is 0.491. The van der Waals surface area contributed by atoms with E-state index in [0.29, 0.717) is 18.5 Å². The van der Waals surface area contributed by atoms with Gasteiger partial charge in [-0.1, -0.05) is 0 Å². The van der Waals surface area contributed by atoms with Crippen LogP contribution in [0, 0.1) is 16.0 Å². The maximum absolute atomic E-state index is 11.4. The highest BCUT2D eigenvalue weighted by atomic mass is 16.6. The molecule has 5 nitrogen and oxygen atoms in total. The monoisotopic (exact) mass is 194 g/mol. The maximum Gasteiger partial charge on any atom is 0.265 e. The Kier molecular flexibility index (Phi) is 2.07. The van der Waals surface area contributed by atoms with Gasteiger partial charge in [-0.15, -0.1) is 0 Å². The average molecular weight is 194 g/mol. The van der Waals surface area contributed by atoms with Crippen molar-refractivity contribution >= 4 is 5.91 Å². The van der Waals surface area contributed by atoms with Gasteiger partial charge in [-0.3, -0.25) is 14.9 Å². The summed E-state index contributed by atoms with van der Waals surface area (Å²) >= 11 is 0. The van der Waals surface area contributed by atoms with Gasteiger partial charge < -0.3 is 5.32 Å². The molecule has 0 aromatic heterocycles. The van der Waals surface area contributed by atoms with Crippen LogP contribution in [-0.2, 0) is 4.79 Å². The Balaban J connectivity index is 2.29. The maximum atomic E-state index is 11.4. The fourth-order valence-corrected chi connectivity index (χ4v) is 1.84. The third-order valence-corrected chi connectivity index (χ3v) is 2.61. The second kappa shape index (κ2) is 3.25. The first-order chi connectivity index (χ1) is 6.68. The lowest BCUT2D eigenvalue weighted by molar-refractivity contribution is -0.419. The van der Waals surface area contributed by atoms with Gasteiger partial charge in [0, 0.05) is 18.2 Å². The summed E-state index contributed by atoms with van der Waals surface area (Å²) in [6, 6.07) is 0. The summed E-state index contributed by atoms with van der Waals surface area (Å²) in [5.74, 6) is 0.0150. The van der Waals surface area contributed by atoms with Gasteiger partial charge in [0.1, 0.15) is 0 Å². The topological polar surface area (TPSA) is 72.2 Å². The van der Waals surface area contributed by atoms with E-state index in [-0.39, 0.29) is 17.5 Å². The highest BCUT2D eigenvalue weighted by Gasteiger charge is 2.29. The number of nitrogens with zero attached hydrogens (tertiary/aromatic N) is 1. The number of carbonyl (C=O) groups is 1. The van der Waals surface area contributed by atoms with Gasteiger partial charge in [0.15, 0.2) is 0 Å². The predicted octanol–water partition coefficient (Wildman–Crippen LogP) is 0.613. The van der Waals surface area contributed by atoms with Crippen molar-refractivity contribution in [2.45, 2.75) is 12.8 Å². The molecule has 14 heavy (non-hydrogen) atoms. The number of allylic oxidation sites excluding steroid dienone is 2. The first-order valence-electron chi connectivity index (χ1n) is 4.53. The average Bonchev–Trinajstić information content (AvgIpc) is 2.18. The van der Waals surface area contributed by atoms with E-state index in [4.69, 9.17) is 0 Å². The van der Waals surface area contributed by atoms with Crippen LogP contribution in [0.5, 0.6) is 0 Å². The molecule has 1 unspecified atom stereocenters. The Morgan fingerprint density at radius 2 is 2.36 bits per heavy atom. The van der Waals surface area contributed by atoms with E-state index in [0.717, 1.165) is 6.42 Å². The summed E-state index contributed by atoms with van der Waals surface area (Å²) < 4.78 is 0. The minimum Gasteiger partial charge on any atom is -0.352 e. The zero-order valence-corrected chi connectivity index (χ0v) is 7.53. The summed E-state index contributed by atoms with van der Waals surface area (Å²) in [6.07, 6.45) is 4.46. The normalized spacial score (nSPS) is 25.7. The second-order valence-corrected chi connectivity index (χ2v) is 3.46. The van der Waals surface area contributed by atoms with Gasteiger partial charge in [0.05, 0.1) is 4.92 Å². The highest BCUT2D eigenvalue weighted by Crippen LogP contribution is 2.29. The van der Waals surface area contributed by atoms with Gasteiger partial charge in [0.2, 0.25) is 5.91 Å². The van der Waals surface area contributed by atoms with Crippen LogP contribution in [0.4, 0.5) is 0 Å². The zero-order valence-electron chi connectivity index (χ0n) is 7.53. The number of piperidine rings is 1. The summed E-state index contributed by atoms with van der Waals surface area (Å²) in [4.78, 5) is 21.4. The summed E-state index contributed by atoms with van der Waals surface area (Å²) in [6.45, 7) is 0.669. The van der Waals surface area contributed by atoms with Gasteiger partial charge >= 0.3 is 0 Å². The Bertz CT molecular complexity index is 357. The summed E-state index contributed by atoms with van der Waals surface area (Å²) in [5, 5.41) is 13.2. The number of nitro groups is 1. The standard InChI is InChI=1S/C9H10N2O3/c12-9-8-5-7(11(13)14)2-1-6(8)3-4-10-9/h2,5-6H,1,3-4H2,(H,10,12). The third kappa shape index (κ3) is 1.41. The third-order valence-electron chi connectivity index (χ3n) is 2.61. The molecular weight excluding hydrogens is 184 g/mol. The zero-order chi connectivity index (χ0) is 10.1.